The molecule has 0 fully saturated rings. The number of carbonyl (C=O) groups excluding carboxylic acids is 2. The number of hydrogen-bond acceptors (Lipinski definition) is 2. The predicted molar refractivity (Wildman–Crippen MR) is 96.6 cm³/mol. The van der Waals surface area contributed by atoms with Crippen LogP contribution in [0.5, 0.6) is 0 Å². The van der Waals surface area contributed by atoms with Gasteiger partial charge in [-0.3, -0.25) is 4.79 Å². The molecule has 5 nitrogen and oxygen atoms in total. The highest BCUT2D eigenvalue weighted by Crippen LogP contribution is 2.30. The van der Waals surface area contributed by atoms with Gasteiger partial charge in [0.15, 0.2) is 0 Å². The van der Waals surface area contributed by atoms with E-state index < -0.39 is 0 Å². The Morgan fingerprint density at radius 2 is 1.92 bits per heavy atom. The van der Waals surface area contributed by atoms with Gasteiger partial charge in [0.1, 0.15) is 0 Å². The van der Waals surface area contributed by atoms with Crippen molar-refractivity contribution >= 4 is 29.0 Å². The molecular weight excluding hydrogens is 302 g/mol. The molecule has 0 atom stereocenters. The van der Waals surface area contributed by atoms with Crippen LogP contribution in [0.1, 0.15) is 24.5 Å². The van der Waals surface area contributed by atoms with Crippen molar-refractivity contribution in [1.29, 1.82) is 0 Å². The van der Waals surface area contributed by atoms with E-state index in [1.54, 1.807) is 4.90 Å². The van der Waals surface area contributed by atoms with Crippen LogP contribution in [-0.2, 0) is 11.2 Å². The molecule has 0 bridgehead atoms. The minimum absolute atomic E-state index is 0.156. The Bertz CT molecular complexity index is 786. The fourth-order valence-electron chi connectivity index (χ4n) is 2.98. The zero-order valence-corrected chi connectivity index (χ0v) is 13.9. The quantitative estimate of drug-likeness (QED) is 0.899. The molecule has 2 N–H and O–H groups in total. The fourth-order valence-corrected chi connectivity index (χ4v) is 2.98. The summed E-state index contributed by atoms with van der Waals surface area (Å²) in [7, 11) is 0. The second-order valence-corrected chi connectivity index (χ2v) is 5.88. The molecule has 1 heterocycles. The van der Waals surface area contributed by atoms with Gasteiger partial charge in [0.2, 0.25) is 5.91 Å². The summed E-state index contributed by atoms with van der Waals surface area (Å²) in [5, 5.41) is 5.71. The third-order valence-electron chi connectivity index (χ3n) is 4.25. The van der Waals surface area contributed by atoms with Crippen LogP contribution < -0.4 is 15.5 Å². The number of amides is 3. The van der Waals surface area contributed by atoms with E-state index in [1.807, 2.05) is 56.3 Å². The van der Waals surface area contributed by atoms with E-state index in [0.29, 0.717) is 19.4 Å². The first-order valence-electron chi connectivity index (χ1n) is 8.15. The third kappa shape index (κ3) is 3.25. The lowest BCUT2D eigenvalue weighted by molar-refractivity contribution is -0.118. The Balaban J connectivity index is 1.73. The highest BCUT2D eigenvalue weighted by Gasteiger charge is 2.22. The second-order valence-electron chi connectivity index (χ2n) is 5.88. The molecule has 2 aromatic rings. The first-order chi connectivity index (χ1) is 11.6. The van der Waals surface area contributed by atoms with Crippen LogP contribution in [0, 0.1) is 6.92 Å². The summed E-state index contributed by atoms with van der Waals surface area (Å²) in [6.45, 7) is 4.58. The van der Waals surface area contributed by atoms with E-state index >= 15 is 0 Å². The van der Waals surface area contributed by atoms with Gasteiger partial charge in [0, 0.05) is 30.0 Å². The Labute approximate surface area is 141 Å². The van der Waals surface area contributed by atoms with Gasteiger partial charge in [-0.1, -0.05) is 18.2 Å². The monoisotopic (exact) mass is 323 g/mol. The minimum Gasteiger partial charge on any atom is -0.312 e. The van der Waals surface area contributed by atoms with Crippen molar-refractivity contribution < 1.29 is 9.59 Å². The number of aryl methyl sites for hydroxylation is 2. The number of anilines is 3. The van der Waals surface area contributed by atoms with Crippen LogP contribution >= 0.6 is 0 Å². The molecule has 1 aliphatic heterocycles. The molecule has 24 heavy (non-hydrogen) atoms. The van der Waals surface area contributed by atoms with Crippen molar-refractivity contribution in [2.45, 2.75) is 26.7 Å². The molecule has 0 aromatic heterocycles. The largest absolute Gasteiger partial charge is 0.323 e. The number of para-hydroxylation sites is 1. The van der Waals surface area contributed by atoms with Crippen molar-refractivity contribution in [2.75, 3.05) is 22.1 Å². The van der Waals surface area contributed by atoms with Crippen molar-refractivity contribution in [3.8, 4) is 0 Å². The molecule has 1 aliphatic rings. The van der Waals surface area contributed by atoms with Gasteiger partial charge in [-0.15, -0.1) is 0 Å². The third-order valence-corrected chi connectivity index (χ3v) is 4.25. The summed E-state index contributed by atoms with van der Waals surface area (Å²) < 4.78 is 0. The molecule has 5 heteroatoms. The normalized spacial score (nSPS) is 13.4. The van der Waals surface area contributed by atoms with Crippen LogP contribution in [0.25, 0.3) is 0 Å². The summed E-state index contributed by atoms with van der Waals surface area (Å²) in [6, 6.07) is 13.0. The van der Waals surface area contributed by atoms with Crippen molar-refractivity contribution in [1.82, 2.24) is 0 Å². The molecule has 0 saturated heterocycles. The molecule has 0 unspecified atom stereocenters. The molecule has 3 amide bonds. The van der Waals surface area contributed by atoms with E-state index in [2.05, 4.69) is 10.6 Å². The zero-order valence-electron chi connectivity index (χ0n) is 13.9. The van der Waals surface area contributed by atoms with E-state index in [1.165, 1.54) is 0 Å². The van der Waals surface area contributed by atoms with E-state index in [9.17, 15) is 9.59 Å². The average molecular weight is 323 g/mol. The van der Waals surface area contributed by atoms with Gasteiger partial charge in [0.05, 0.1) is 0 Å². The van der Waals surface area contributed by atoms with Gasteiger partial charge in [-0.2, -0.15) is 0 Å². The lowest BCUT2D eigenvalue weighted by Crippen LogP contribution is -2.34. The summed E-state index contributed by atoms with van der Waals surface area (Å²) in [5.41, 5.74) is 4.56. The van der Waals surface area contributed by atoms with Crippen LogP contribution in [0.3, 0.4) is 0 Å². The zero-order chi connectivity index (χ0) is 17.1. The van der Waals surface area contributed by atoms with Crippen molar-refractivity contribution in [3.05, 3.63) is 53.6 Å². The smallest absolute Gasteiger partial charge is 0.312 e. The Morgan fingerprint density at radius 3 is 2.67 bits per heavy atom. The molecule has 0 saturated carbocycles. The van der Waals surface area contributed by atoms with Crippen LogP contribution in [0.2, 0.25) is 0 Å². The number of rotatable bonds is 3. The standard InChI is InChI=1S/C19H21N3O2/c1-3-22-17-10-9-15(12-14(17)8-11-18(22)23)20-19(24)21-16-7-5-4-6-13(16)2/h4-7,9-10,12H,3,8,11H2,1-2H3,(H2,20,21,24). The first kappa shape index (κ1) is 16.1. The predicted octanol–water partition coefficient (Wildman–Crippen LogP) is 3.94. The maximum Gasteiger partial charge on any atom is 0.323 e. The number of fused-ring (bicyclic) bond motifs is 1. The second kappa shape index (κ2) is 6.74. The number of carbonyl (C=O) groups is 2. The number of nitrogens with zero attached hydrogens (tertiary/aromatic N) is 1. The SMILES string of the molecule is CCN1C(=O)CCc2cc(NC(=O)Nc3ccccc3C)ccc21. The van der Waals surface area contributed by atoms with Crippen molar-refractivity contribution in [3.63, 3.8) is 0 Å². The maximum atomic E-state index is 12.2. The Morgan fingerprint density at radius 1 is 1.12 bits per heavy atom. The van der Waals surface area contributed by atoms with Crippen LogP contribution in [0.15, 0.2) is 42.5 Å². The summed E-state index contributed by atoms with van der Waals surface area (Å²) in [5.74, 6) is 0.156. The summed E-state index contributed by atoms with van der Waals surface area (Å²) in [6.07, 6.45) is 1.22. The van der Waals surface area contributed by atoms with Crippen LogP contribution in [0.4, 0.5) is 21.9 Å². The topological polar surface area (TPSA) is 61.4 Å². The molecule has 2 aromatic carbocycles. The molecule has 0 spiro atoms. The number of hydrogen-bond donors (Lipinski definition) is 2. The molecular formula is C19H21N3O2. The molecule has 3 rings (SSSR count). The number of benzene rings is 2. The van der Waals surface area contributed by atoms with Crippen molar-refractivity contribution in [2.24, 2.45) is 0 Å². The van der Waals surface area contributed by atoms with Gasteiger partial charge in [-0.05, 0) is 55.7 Å². The Hall–Kier alpha value is -2.82. The number of nitrogens with one attached hydrogen (secondary N) is 2. The average Bonchev–Trinajstić information content (AvgIpc) is 2.57. The molecule has 0 aliphatic carbocycles. The van der Waals surface area contributed by atoms with E-state index in [-0.39, 0.29) is 11.9 Å². The molecule has 124 valence electrons. The maximum absolute atomic E-state index is 12.2. The summed E-state index contributed by atoms with van der Waals surface area (Å²) >= 11 is 0. The summed E-state index contributed by atoms with van der Waals surface area (Å²) in [4.78, 5) is 25.9. The fraction of sp³-hybridized carbons (Fsp3) is 0.263. The molecule has 0 radical (unpaired) electrons. The van der Waals surface area contributed by atoms with E-state index in [4.69, 9.17) is 0 Å². The van der Waals surface area contributed by atoms with E-state index in [0.717, 1.165) is 28.2 Å². The Kier molecular flexibility index (Phi) is 4.51. The first-order valence-corrected chi connectivity index (χ1v) is 8.15. The number of urea groups is 1. The lowest BCUT2D eigenvalue weighted by Gasteiger charge is -2.28. The highest BCUT2D eigenvalue weighted by atomic mass is 16.2. The van der Waals surface area contributed by atoms with Gasteiger partial charge in [-0.25, -0.2) is 4.79 Å². The minimum atomic E-state index is -0.275. The van der Waals surface area contributed by atoms with Gasteiger partial charge in [0.25, 0.3) is 0 Å². The van der Waals surface area contributed by atoms with Gasteiger partial charge >= 0.3 is 6.03 Å². The lowest BCUT2D eigenvalue weighted by atomic mass is 10.0. The van der Waals surface area contributed by atoms with Gasteiger partial charge < -0.3 is 15.5 Å². The highest BCUT2D eigenvalue weighted by molar-refractivity contribution is 6.01. The van der Waals surface area contributed by atoms with Crippen LogP contribution in [-0.4, -0.2) is 18.5 Å².